The largest absolute Gasteiger partial charge is 0.332 e. The predicted molar refractivity (Wildman–Crippen MR) is 133 cm³/mol. The van der Waals surface area contributed by atoms with Crippen LogP contribution in [-0.2, 0) is 26.1 Å². The molecule has 0 saturated heterocycles. The van der Waals surface area contributed by atoms with Crippen LogP contribution in [0.1, 0.15) is 32.2 Å². The van der Waals surface area contributed by atoms with Crippen LogP contribution >= 0.6 is 0 Å². The summed E-state index contributed by atoms with van der Waals surface area (Å²) in [7, 11) is 0. The minimum absolute atomic E-state index is 0.296. The Bertz CT molecular complexity index is 1610. The molecule has 0 aliphatic rings. The summed E-state index contributed by atoms with van der Waals surface area (Å²) in [6.07, 6.45) is 0.647. The average Bonchev–Trinajstić information content (AvgIpc) is 3.54. The number of fused-ring (bicyclic) bond motifs is 1. The van der Waals surface area contributed by atoms with E-state index in [9.17, 15) is 9.59 Å². The maximum atomic E-state index is 13.2. The fourth-order valence-corrected chi connectivity index (χ4v) is 4.52. The average molecular weight is 471 g/mol. The normalized spacial score (nSPS) is 11.4. The highest BCUT2D eigenvalue weighted by Gasteiger charge is 2.20. The molecule has 3 heterocycles. The molecule has 35 heavy (non-hydrogen) atoms. The van der Waals surface area contributed by atoms with Crippen molar-refractivity contribution >= 4 is 11.2 Å². The number of H-pyrrole nitrogens is 1. The van der Waals surface area contributed by atoms with E-state index in [0.717, 1.165) is 28.1 Å². The highest BCUT2D eigenvalue weighted by Crippen LogP contribution is 2.30. The Labute approximate surface area is 200 Å². The second-order valence-corrected chi connectivity index (χ2v) is 8.19. The van der Waals surface area contributed by atoms with E-state index >= 15 is 0 Å². The van der Waals surface area contributed by atoms with E-state index in [1.165, 1.54) is 4.57 Å². The molecule has 0 saturated carbocycles. The molecule has 0 aliphatic carbocycles. The predicted octanol–water partition coefficient (Wildman–Crippen LogP) is 2.86. The van der Waals surface area contributed by atoms with Crippen molar-refractivity contribution in [1.82, 2.24) is 39.3 Å². The number of aryl methyl sites for hydroxylation is 2. The first kappa shape index (κ1) is 22.5. The van der Waals surface area contributed by atoms with Gasteiger partial charge in [0.25, 0.3) is 5.56 Å². The number of hydrogen-bond donors (Lipinski definition) is 1. The van der Waals surface area contributed by atoms with Gasteiger partial charge in [0.05, 0.1) is 0 Å². The lowest BCUT2D eigenvalue weighted by molar-refractivity contribution is 0.603. The molecule has 10 nitrogen and oxygen atoms in total. The molecule has 3 aromatic heterocycles. The summed E-state index contributed by atoms with van der Waals surface area (Å²) in [4.78, 5) is 30.7. The molecule has 0 bridgehead atoms. The maximum absolute atomic E-state index is 13.2. The van der Waals surface area contributed by atoms with E-state index in [4.69, 9.17) is 4.98 Å². The molecule has 5 rings (SSSR count). The highest BCUT2D eigenvalue weighted by molar-refractivity contribution is 5.80. The van der Waals surface area contributed by atoms with Gasteiger partial charge in [0.2, 0.25) is 5.82 Å². The first-order chi connectivity index (χ1) is 17.1. The Morgan fingerprint density at radius 3 is 2.20 bits per heavy atom. The van der Waals surface area contributed by atoms with Crippen LogP contribution in [0, 0.1) is 0 Å². The van der Waals surface area contributed by atoms with Crippen LogP contribution in [0.3, 0.4) is 0 Å². The zero-order valence-electron chi connectivity index (χ0n) is 19.9. The second kappa shape index (κ2) is 9.13. The number of nitrogens with zero attached hydrogens (tertiary/aromatic N) is 7. The molecule has 178 valence electrons. The minimum atomic E-state index is -0.315. The van der Waals surface area contributed by atoms with Gasteiger partial charge in [-0.3, -0.25) is 13.9 Å². The quantitative estimate of drug-likeness (QED) is 0.391. The van der Waals surface area contributed by atoms with Crippen molar-refractivity contribution in [3.63, 3.8) is 0 Å². The molecular weight excluding hydrogens is 444 g/mol. The van der Waals surface area contributed by atoms with Gasteiger partial charge in [-0.2, -0.15) is 5.21 Å². The molecule has 2 aromatic carbocycles. The van der Waals surface area contributed by atoms with Gasteiger partial charge in [0.1, 0.15) is 5.82 Å². The van der Waals surface area contributed by atoms with E-state index in [0.29, 0.717) is 43.0 Å². The lowest BCUT2D eigenvalue weighted by Gasteiger charge is -2.12. The van der Waals surface area contributed by atoms with Crippen molar-refractivity contribution < 1.29 is 0 Å². The molecule has 0 unspecified atom stereocenters. The van der Waals surface area contributed by atoms with Crippen molar-refractivity contribution in [1.29, 1.82) is 0 Å². The topological polar surface area (TPSA) is 116 Å². The lowest BCUT2D eigenvalue weighted by atomic mass is 9.98. The zero-order chi connectivity index (χ0) is 24.5. The minimum Gasteiger partial charge on any atom is -0.318 e. The number of aromatic amines is 1. The van der Waals surface area contributed by atoms with Gasteiger partial charge in [-0.25, -0.2) is 9.78 Å². The van der Waals surface area contributed by atoms with Crippen LogP contribution < -0.4 is 11.2 Å². The van der Waals surface area contributed by atoms with Gasteiger partial charge in [-0.05, 0) is 35.8 Å². The van der Waals surface area contributed by atoms with Crippen LogP contribution in [0.15, 0.2) is 58.1 Å². The van der Waals surface area contributed by atoms with E-state index < -0.39 is 0 Å². The summed E-state index contributed by atoms with van der Waals surface area (Å²) < 4.78 is 4.80. The monoisotopic (exact) mass is 470 g/mol. The standard InChI is InChI=1S/C25H26N8O2/c1-4-20-26-23-21(24(34)32(6-3)25(35)31(23)5-2)33(20)15-16-11-13-17(14-12-16)18-9-7-8-10-19(18)22-27-29-30-28-22/h7-14H,4-6,15H2,1-3H3,(H,27,28,29,30). The summed E-state index contributed by atoms with van der Waals surface area (Å²) in [5.41, 5.74) is 4.25. The molecule has 0 spiro atoms. The Morgan fingerprint density at radius 1 is 0.857 bits per heavy atom. The SMILES string of the molecule is CCc1nc2c(c(=O)n(CC)c(=O)n2CC)n1Cc1ccc(-c2ccccc2-c2nn[nH]n2)cc1. The van der Waals surface area contributed by atoms with E-state index in [1.807, 2.05) is 66.9 Å². The van der Waals surface area contributed by atoms with Gasteiger partial charge < -0.3 is 4.57 Å². The summed E-state index contributed by atoms with van der Waals surface area (Å²) in [6.45, 7) is 6.94. The molecule has 10 heteroatoms. The van der Waals surface area contributed by atoms with Crippen molar-refractivity contribution in [3.8, 4) is 22.5 Å². The van der Waals surface area contributed by atoms with Crippen molar-refractivity contribution in [2.24, 2.45) is 0 Å². The summed E-state index contributed by atoms with van der Waals surface area (Å²) >= 11 is 0. The summed E-state index contributed by atoms with van der Waals surface area (Å²) in [5.74, 6) is 1.32. The smallest absolute Gasteiger partial charge is 0.318 e. The van der Waals surface area contributed by atoms with Crippen molar-refractivity contribution in [3.05, 3.63) is 80.8 Å². The van der Waals surface area contributed by atoms with E-state index in [1.54, 1.807) is 11.5 Å². The third-order valence-electron chi connectivity index (χ3n) is 6.26. The highest BCUT2D eigenvalue weighted by atomic mass is 16.2. The van der Waals surface area contributed by atoms with Gasteiger partial charge in [-0.1, -0.05) is 55.5 Å². The van der Waals surface area contributed by atoms with Gasteiger partial charge in [0.15, 0.2) is 11.2 Å². The van der Waals surface area contributed by atoms with Gasteiger partial charge in [-0.15, -0.1) is 10.2 Å². The van der Waals surface area contributed by atoms with E-state index in [2.05, 4.69) is 20.6 Å². The first-order valence-corrected chi connectivity index (χ1v) is 11.7. The Balaban J connectivity index is 1.57. The molecule has 0 amide bonds. The van der Waals surface area contributed by atoms with Gasteiger partial charge in [0, 0.05) is 31.6 Å². The molecule has 0 radical (unpaired) electrons. The van der Waals surface area contributed by atoms with Crippen LogP contribution in [0.25, 0.3) is 33.7 Å². The van der Waals surface area contributed by atoms with Crippen LogP contribution in [-0.4, -0.2) is 39.3 Å². The number of benzene rings is 2. The third kappa shape index (κ3) is 3.76. The Morgan fingerprint density at radius 2 is 1.57 bits per heavy atom. The molecular formula is C25H26N8O2. The Kier molecular flexibility index (Phi) is 5.86. The second-order valence-electron chi connectivity index (χ2n) is 8.19. The molecule has 1 N–H and O–H groups in total. The molecule has 0 fully saturated rings. The first-order valence-electron chi connectivity index (χ1n) is 11.7. The molecule has 0 atom stereocenters. The number of hydrogen-bond acceptors (Lipinski definition) is 6. The van der Waals surface area contributed by atoms with Crippen LogP contribution in [0.4, 0.5) is 0 Å². The Hall–Kier alpha value is -4.34. The fourth-order valence-electron chi connectivity index (χ4n) is 4.52. The molecule has 0 aliphatic heterocycles. The van der Waals surface area contributed by atoms with Crippen molar-refractivity contribution in [2.75, 3.05) is 0 Å². The lowest BCUT2D eigenvalue weighted by Crippen LogP contribution is -2.40. The summed E-state index contributed by atoms with van der Waals surface area (Å²) in [6, 6.07) is 16.1. The fraction of sp³-hybridized carbons (Fsp3) is 0.280. The third-order valence-corrected chi connectivity index (χ3v) is 6.26. The number of nitrogens with one attached hydrogen (secondary N) is 1. The number of rotatable bonds is 7. The zero-order valence-corrected chi connectivity index (χ0v) is 19.9. The number of tetrazole rings is 1. The number of imidazole rings is 1. The van der Waals surface area contributed by atoms with Crippen molar-refractivity contribution in [2.45, 2.75) is 46.8 Å². The van der Waals surface area contributed by atoms with Crippen LogP contribution in [0.2, 0.25) is 0 Å². The number of aromatic nitrogens is 8. The summed E-state index contributed by atoms with van der Waals surface area (Å²) in [5, 5.41) is 14.4. The van der Waals surface area contributed by atoms with Crippen LogP contribution in [0.5, 0.6) is 0 Å². The molecule has 5 aromatic rings. The van der Waals surface area contributed by atoms with E-state index in [-0.39, 0.29) is 11.2 Å². The maximum Gasteiger partial charge on any atom is 0.332 e. The van der Waals surface area contributed by atoms with Gasteiger partial charge >= 0.3 is 5.69 Å².